The SMILES string of the molecule is CCc1c(CO)nnn1-c1cc([N+](=O)[O-])ccc1OC. The molecule has 0 radical (unpaired) electrons. The normalized spacial score (nSPS) is 10.6. The Morgan fingerprint density at radius 2 is 2.25 bits per heavy atom. The zero-order chi connectivity index (χ0) is 14.7. The van der Waals surface area contributed by atoms with Crippen LogP contribution in [0.4, 0.5) is 5.69 Å². The highest BCUT2D eigenvalue weighted by Crippen LogP contribution is 2.28. The second-order valence-corrected chi connectivity index (χ2v) is 4.02. The van der Waals surface area contributed by atoms with Gasteiger partial charge in [0.1, 0.15) is 17.1 Å². The molecule has 2 rings (SSSR count). The molecule has 0 aliphatic rings. The fourth-order valence-electron chi connectivity index (χ4n) is 1.96. The van der Waals surface area contributed by atoms with Gasteiger partial charge in [-0.3, -0.25) is 10.1 Å². The highest BCUT2D eigenvalue weighted by Gasteiger charge is 2.18. The molecule has 0 saturated heterocycles. The lowest BCUT2D eigenvalue weighted by Crippen LogP contribution is -2.05. The van der Waals surface area contributed by atoms with Gasteiger partial charge in [0, 0.05) is 12.1 Å². The third-order valence-electron chi connectivity index (χ3n) is 2.93. The molecule has 0 fully saturated rings. The van der Waals surface area contributed by atoms with Crippen LogP contribution in [0.2, 0.25) is 0 Å². The van der Waals surface area contributed by atoms with Crippen LogP contribution in [0.15, 0.2) is 18.2 Å². The Morgan fingerprint density at radius 3 is 2.80 bits per heavy atom. The number of benzene rings is 1. The number of nitro benzene ring substituents is 1. The predicted octanol–water partition coefficient (Wildman–Crippen LogP) is 1.24. The van der Waals surface area contributed by atoms with Crippen LogP contribution in [-0.4, -0.2) is 32.1 Å². The largest absolute Gasteiger partial charge is 0.494 e. The van der Waals surface area contributed by atoms with Gasteiger partial charge < -0.3 is 9.84 Å². The summed E-state index contributed by atoms with van der Waals surface area (Å²) in [5, 5.41) is 27.9. The van der Waals surface area contributed by atoms with Crippen molar-refractivity contribution in [1.82, 2.24) is 15.0 Å². The zero-order valence-corrected chi connectivity index (χ0v) is 11.1. The van der Waals surface area contributed by atoms with Crippen molar-refractivity contribution in [1.29, 1.82) is 0 Å². The smallest absolute Gasteiger partial charge is 0.271 e. The van der Waals surface area contributed by atoms with E-state index in [1.807, 2.05) is 6.92 Å². The lowest BCUT2D eigenvalue weighted by Gasteiger charge is -2.10. The Labute approximate surface area is 114 Å². The first-order valence-electron chi connectivity index (χ1n) is 5.99. The van der Waals surface area contributed by atoms with E-state index >= 15 is 0 Å². The second kappa shape index (κ2) is 5.66. The summed E-state index contributed by atoms with van der Waals surface area (Å²) < 4.78 is 6.66. The summed E-state index contributed by atoms with van der Waals surface area (Å²) in [6.45, 7) is 1.65. The van der Waals surface area contributed by atoms with Crippen LogP contribution in [0.25, 0.3) is 5.69 Å². The molecule has 0 aliphatic carbocycles. The molecule has 1 aromatic heterocycles. The first kappa shape index (κ1) is 13.9. The van der Waals surface area contributed by atoms with Gasteiger partial charge in [0.25, 0.3) is 5.69 Å². The number of aromatic nitrogens is 3. The molecular weight excluding hydrogens is 264 g/mol. The molecule has 106 valence electrons. The number of aliphatic hydroxyl groups excluding tert-OH is 1. The quantitative estimate of drug-likeness (QED) is 0.652. The van der Waals surface area contributed by atoms with Crippen LogP contribution in [-0.2, 0) is 13.0 Å². The van der Waals surface area contributed by atoms with Gasteiger partial charge in [-0.1, -0.05) is 12.1 Å². The number of rotatable bonds is 5. The number of methoxy groups -OCH3 is 1. The van der Waals surface area contributed by atoms with Gasteiger partial charge in [0.2, 0.25) is 0 Å². The molecule has 8 heteroatoms. The summed E-state index contributed by atoms with van der Waals surface area (Å²) in [6, 6.07) is 4.23. The van der Waals surface area contributed by atoms with Gasteiger partial charge >= 0.3 is 0 Å². The topological polar surface area (TPSA) is 103 Å². The van der Waals surface area contributed by atoms with Gasteiger partial charge in [-0.2, -0.15) is 0 Å². The molecule has 1 heterocycles. The van der Waals surface area contributed by atoms with E-state index in [4.69, 9.17) is 4.74 Å². The Hall–Kier alpha value is -2.48. The number of nitrogens with zero attached hydrogens (tertiary/aromatic N) is 4. The number of aliphatic hydroxyl groups is 1. The van der Waals surface area contributed by atoms with Gasteiger partial charge in [-0.15, -0.1) is 5.10 Å². The number of nitro groups is 1. The molecule has 0 unspecified atom stereocenters. The van der Waals surface area contributed by atoms with Crippen molar-refractivity contribution in [3.63, 3.8) is 0 Å². The molecule has 2 aromatic rings. The Bertz CT molecular complexity index is 638. The Kier molecular flexibility index (Phi) is 3.94. The Morgan fingerprint density at radius 1 is 1.50 bits per heavy atom. The maximum atomic E-state index is 10.9. The van der Waals surface area contributed by atoms with E-state index in [-0.39, 0.29) is 12.3 Å². The number of hydrogen-bond donors (Lipinski definition) is 1. The van der Waals surface area contributed by atoms with E-state index in [2.05, 4.69) is 10.3 Å². The molecular formula is C12H14N4O4. The summed E-state index contributed by atoms with van der Waals surface area (Å²) in [4.78, 5) is 10.4. The van der Waals surface area contributed by atoms with Crippen molar-refractivity contribution < 1.29 is 14.8 Å². The van der Waals surface area contributed by atoms with E-state index in [1.165, 1.54) is 30.0 Å². The summed E-state index contributed by atoms with van der Waals surface area (Å²) in [5.41, 5.74) is 1.49. The fraction of sp³-hybridized carbons (Fsp3) is 0.333. The third-order valence-corrected chi connectivity index (χ3v) is 2.93. The molecule has 20 heavy (non-hydrogen) atoms. The van der Waals surface area contributed by atoms with Gasteiger partial charge in [0.05, 0.1) is 24.3 Å². The van der Waals surface area contributed by atoms with Gasteiger partial charge in [-0.05, 0) is 12.5 Å². The minimum absolute atomic E-state index is 0.0658. The molecule has 1 aromatic carbocycles. The number of non-ortho nitro benzene ring substituents is 1. The van der Waals surface area contributed by atoms with Gasteiger partial charge in [-0.25, -0.2) is 4.68 Å². The summed E-state index contributed by atoms with van der Waals surface area (Å²) >= 11 is 0. The molecule has 0 spiro atoms. The highest BCUT2D eigenvalue weighted by molar-refractivity contribution is 5.54. The van der Waals surface area contributed by atoms with Crippen LogP contribution in [0.3, 0.4) is 0 Å². The standard InChI is InChI=1S/C12H14N4O4/c1-3-10-9(7-17)13-14-15(10)11-6-8(16(18)19)4-5-12(11)20-2/h4-6,17H,3,7H2,1-2H3. The lowest BCUT2D eigenvalue weighted by molar-refractivity contribution is -0.384. The van der Waals surface area contributed by atoms with Crippen molar-refractivity contribution in [2.75, 3.05) is 7.11 Å². The molecule has 0 amide bonds. The highest BCUT2D eigenvalue weighted by atomic mass is 16.6. The van der Waals surface area contributed by atoms with E-state index < -0.39 is 4.92 Å². The van der Waals surface area contributed by atoms with E-state index in [0.717, 1.165) is 0 Å². The fourth-order valence-corrected chi connectivity index (χ4v) is 1.96. The third kappa shape index (κ3) is 2.32. The second-order valence-electron chi connectivity index (χ2n) is 4.02. The number of ether oxygens (including phenoxy) is 1. The van der Waals surface area contributed by atoms with Crippen LogP contribution < -0.4 is 4.74 Å². The molecule has 8 nitrogen and oxygen atoms in total. The molecule has 0 aliphatic heterocycles. The van der Waals surface area contributed by atoms with Crippen molar-refractivity contribution in [3.8, 4) is 11.4 Å². The van der Waals surface area contributed by atoms with E-state index in [9.17, 15) is 15.2 Å². The average molecular weight is 278 g/mol. The van der Waals surface area contributed by atoms with E-state index in [0.29, 0.717) is 29.2 Å². The Balaban J connectivity index is 2.64. The first-order valence-corrected chi connectivity index (χ1v) is 5.99. The first-order chi connectivity index (χ1) is 9.62. The average Bonchev–Trinajstić information content (AvgIpc) is 2.88. The van der Waals surface area contributed by atoms with Crippen molar-refractivity contribution in [3.05, 3.63) is 39.7 Å². The maximum absolute atomic E-state index is 10.9. The van der Waals surface area contributed by atoms with Crippen LogP contribution in [0, 0.1) is 10.1 Å². The van der Waals surface area contributed by atoms with Crippen molar-refractivity contribution >= 4 is 5.69 Å². The van der Waals surface area contributed by atoms with Gasteiger partial charge in [0.15, 0.2) is 0 Å². The van der Waals surface area contributed by atoms with Crippen LogP contribution >= 0.6 is 0 Å². The summed E-state index contributed by atoms with van der Waals surface area (Å²) in [6.07, 6.45) is 0.578. The maximum Gasteiger partial charge on any atom is 0.271 e. The monoisotopic (exact) mass is 278 g/mol. The van der Waals surface area contributed by atoms with Crippen LogP contribution in [0.5, 0.6) is 5.75 Å². The van der Waals surface area contributed by atoms with Crippen molar-refractivity contribution in [2.45, 2.75) is 20.0 Å². The zero-order valence-electron chi connectivity index (χ0n) is 11.1. The predicted molar refractivity (Wildman–Crippen MR) is 69.9 cm³/mol. The van der Waals surface area contributed by atoms with Crippen LogP contribution in [0.1, 0.15) is 18.3 Å². The molecule has 0 bridgehead atoms. The summed E-state index contributed by atoms with van der Waals surface area (Å²) in [7, 11) is 1.47. The lowest BCUT2D eigenvalue weighted by atomic mass is 10.2. The summed E-state index contributed by atoms with van der Waals surface area (Å²) in [5.74, 6) is 0.444. The molecule has 0 atom stereocenters. The number of hydrogen-bond acceptors (Lipinski definition) is 6. The minimum atomic E-state index is -0.488. The molecule has 0 saturated carbocycles. The van der Waals surface area contributed by atoms with Crippen molar-refractivity contribution in [2.24, 2.45) is 0 Å². The molecule has 1 N–H and O–H groups in total. The minimum Gasteiger partial charge on any atom is -0.494 e. The van der Waals surface area contributed by atoms with E-state index in [1.54, 1.807) is 0 Å².